The van der Waals surface area contributed by atoms with Crippen molar-refractivity contribution >= 4 is 39.7 Å². The maximum absolute atomic E-state index is 12.4. The Morgan fingerprint density at radius 1 is 1.25 bits per heavy atom. The van der Waals surface area contributed by atoms with Crippen LogP contribution in [0.25, 0.3) is 0 Å². The third-order valence-electron chi connectivity index (χ3n) is 5.14. The molecule has 136 valence electrons. The van der Waals surface area contributed by atoms with Crippen LogP contribution in [0, 0.1) is 17.8 Å². The summed E-state index contributed by atoms with van der Waals surface area (Å²) in [5, 5.41) is 8.02. The van der Waals surface area contributed by atoms with Crippen molar-refractivity contribution in [1.29, 1.82) is 0 Å². The number of halogens is 1. The zero-order chi connectivity index (χ0) is 16.6. The first-order chi connectivity index (χ1) is 10.8. The highest BCUT2D eigenvalue weighted by Gasteiger charge is 2.40. The third kappa shape index (κ3) is 4.29. The van der Waals surface area contributed by atoms with E-state index >= 15 is 0 Å². The number of thiophene rings is 1. The molecule has 0 radical (unpaired) electrons. The van der Waals surface area contributed by atoms with Gasteiger partial charge in [0.2, 0.25) is 15.9 Å². The summed E-state index contributed by atoms with van der Waals surface area (Å²) in [7, 11) is -3.67. The second-order valence-electron chi connectivity index (χ2n) is 6.68. The Labute approximate surface area is 152 Å². The molecular formula is C15H24ClN3O3S2. The average Bonchev–Trinajstić information content (AvgIpc) is 2.93. The van der Waals surface area contributed by atoms with Gasteiger partial charge in [-0.05, 0) is 49.7 Å². The molecule has 2 saturated carbocycles. The topological polar surface area (TPSA) is 115 Å². The number of carbonyl (C=O) groups is 1. The summed E-state index contributed by atoms with van der Waals surface area (Å²) in [5.74, 6) is 1.02. The normalized spacial score (nSPS) is 29.6. The van der Waals surface area contributed by atoms with Crippen LogP contribution >= 0.6 is 23.7 Å². The van der Waals surface area contributed by atoms with Gasteiger partial charge in [0.05, 0.1) is 6.54 Å². The lowest BCUT2D eigenvalue weighted by Gasteiger charge is -2.43. The number of hydrogen-bond acceptors (Lipinski definition) is 5. The van der Waals surface area contributed by atoms with Gasteiger partial charge in [-0.1, -0.05) is 6.42 Å². The number of amides is 1. The molecule has 2 atom stereocenters. The van der Waals surface area contributed by atoms with Crippen molar-refractivity contribution in [3.8, 4) is 0 Å². The lowest BCUT2D eigenvalue weighted by molar-refractivity contribution is -0.128. The molecule has 0 spiro atoms. The van der Waals surface area contributed by atoms with Gasteiger partial charge in [-0.15, -0.1) is 23.7 Å². The summed E-state index contributed by atoms with van der Waals surface area (Å²) in [4.78, 5) is 13.2. The minimum Gasteiger partial charge on any atom is -0.351 e. The molecule has 1 amide bonds. The van der Waals surface area contributed by atoms with Crippen LogP contribution < -0.4 is 16.2 Å². The molecule has 0 aliphatic heterocycles. The van der Waals surface area contributed by atoms with E-state index in [0.717, 1.165) is 41.9 Å². The number of carbonyl (C=O) groups excluding carboxylic acids is 1. The van der Waals surface area contributed by atoms with Gasteiger partial charge in [-0.2, -0.15) is 0 Å². The van der Waals surface area contributed by atoms with E-state index in [-0.39, 0.29) is 34.5 Å². The van der Waals surface area contributed by atoms with Crippen molar-refractivity contribution in [2.45, 2.75) is 48.9 Å². The van der Waals surface area contributed by atoms with Crippen molar-refractivity contribution in [1.82, 2.24) is 5.32 Å². The van der Waals surface area contributed by atoms with Crippen LogP contribution in [0.2, 0.25) is 0 Å². The number of sulfonamides is 1. The number of nitrogens with one attached hydrogen (secondary N) is 1. The number of rotatable bonds is 4. The molecule has 2 fully saturated rings. The summed E-state index contributed by atoms with van der Waals surface area (Å²) >= 11 is 1.10. The summed E-state index contributed by atoms with van der Waals surface area (Å²) in [6.07, 6.45) is 5.23. The summed E-state index contributed by atoms with van der Waals surface area (Å²) < 4.78 is 22.7. The van der Waals surface area contributed by atoms with E-state index in [4.69, 9.17) is 10.9 Å². The molecular weight excluding hydrogens is 370 g/mol. The van der Waals surface area contributed by atoms with Crippen LogP contribution in [0.4, 0.5) is 0 Å². The van der Waals surface area contributed by atoms with Crippen LogP contribution in [0.15, 0.2) is 16.3 Å². The molecule has 2 bridgehead atoms. The average molecular weight is 394 g/mol. The Morgan fingerprint density at radius 3 is 2.42 bits per heavy atom. The maximum Gasteiger partial charge on any atom is 0.247 e. The first-order valence-corrected chi connectivity index (χ1v) is 10.4. The number of hydrogen-bond donors (Lipinski definition) is 3. The van der Waals surface area contributed by atoms with Crippen molar-refractivity contribution in [2.75, 3.05) is 0 Å². The van der Waals surface area contributed by atoms with Gasteiger partial charge in [0.25, 0.3) is 0 Å². The van der Waals surface area contributed by atoms with Gasteiger partial charge in [-0.3, -0.25) is 4.79 Å². The van der Waals surface area contributed by atoms with Crippen molar-refractivity contribution in [2.24, 2.45) is 28.6 Å². The Bertz CT molecular complexity index is 678. The monoisotopic (exact) mass is 393 g/mol. The van der Waals surface area contributed by atoms with Gasteiger partial charge < -0.3 is 11.1 Å². The summed E-state index contributed by atoms with van der Waals surface area (Å²) in [6.45, 7) is 0.344. The minimum absolute atomic E-state index is 0. The van der Waals surface area contributed by atoms with Crippen molar-refractivity contribution in [3.63, 3.8) is 0 Å². The minimum atomic E-state index is -3.67. The van der Waals surface area contributed by atoms with Crippen LogP contribution in [0.3, 0.4) is 0 Å². The van der Waals surface area contributed by atoms with Gasteiger partial charge in [0.1, 0.15) is 4.21 Å². The Morgan fingerprint density at radius 2 is 1.88 bits per heavy atom. The molecule has 1 aromatic rings. The quantitative estimate of drug-likeness (QED) is 0.720. The number of nitrogens with two attached hydrogens (primary N) is 2. The van der Waals surface area contributed by atoms with E-state index in [2.05, 4.69) is 5.32 Å². The fraction of sp³-hybridized carbons (Fsp3) is 0.667. The highest BCUT2D eigenvalue weighted by atomic mass is 35.5. The molecule has 2 aliphatic rings. The highest BCUT2D eigenvalue weighted by Crippen LogP contribution is 2.41. The summed E-state index contributed by atoms with van der Waals surface area (Å²) in [5.41, 5.74) is 6.26. The van der Waals surface area contributed by atoms with E-state index in [1.54, 1.807) is 6.07 Å². The zero-order valence-corrected chi connectivity index (χ0v) is 15.8. The second kappa shape index (κ2) is 7.70. The Kier molecular flexibility index (Phi) is 6.30. The predicted molar refractivity (Wildman–Crippen MR) is 96.3 cm³/mol. The number of primary sulfonamides is 1. The van der Waals surface area contributed by atoms with Gasteiger partial charge in [0.15, 0.2) is 0 Å². The molecule has 9 heteroatoms. The van der Waals surface area contributed by atoms with Gasteiger partial charge >= 0.3 is 0 Å². The largest absolute Gasteiger partial charge is 0.351 e. The highest BCUT2D eigenvalue weighted by molar-refractivity contribution is 7.91. The zero-order valence-electron chi connectivity index (χ0n) is 13.3. The Balaban J connectivity index is 0.00000208. The van der Waals surface area contributed by atoms with Gasteiger partial charge in [0, 0.05) is 16.8 Å². The molecule has 24 heavy (non-hydrogen) atoms. The smallest absolute Gasteiger partial charge is 0.247 e. The van der Waals surface area contributed by atoms with Crippen LogP contribution in [-0.2, 0) is 21.4 Å². The molecule has 5 N–H and O–H groups in total. The molecule has 3 rings (SSSR count). The van der Waals surface area contributed by atoms with E-state index in [0.29, 0.717) is 18.4 Å². The number of fused-ring (bicyclic) bond motifs is 2. The van der Waals surface area contributed by atoms with E-state index in [1.807, 2.05) is 0 Å². The molecule has 0 saturated heterocycles. The van der Waals surface area contributed by atoms with Crippen LogP contribution in [0.5, 0.6) is 0 Å². The first kappa shape index (κ1) is 19.7. The standard InChI is InChI=1S/C15H23N3O3S2.ClH/c16-14-9-2-1-3-10(14)7-11(6-9)15(19)18-8-12-4-5-13(22-12)23(17,20)21;/h4-5,9-11,14H,1-3,6-8,16H2,(H,18,19)(H2,17,20,21);1H. The van der Waals surface area contributed by atoms with Gasteiger partial charge in [-0.25, -0.2) is 13.6 Å². The van der Waals surface area contributed by atoms with Crippen LogP contribution in [-0.4, -0.2) is 20.4 Å². The Hall–Kier alpha value is -0.670. The lowest BCUT2D eigenvalue weighted by atomic mass is 9.65. The predicted octanol–water partition coefficient (Wildman–Crippen LogP) is 1.59. The summed E-state index contributed by atoms with van der Waals surface area (Å²) in [6, 6.07) is 3.42. The first-order valence-electron chi connectivity index (χ1n) is 7.99. The molecule has 1 heterocycles. The SMILES string of the molecule is Cl.NC1C2CCCC1CC(C(=O)NCc1ccc(S(N)(=O)=O)s1)C2. The maximum atomic E-state index is 12.4. The fourth-order valence-electron chi connectivity index (χ4n) is 3.93. The molecule has 0 aromatic carbocycles. The molecule has 6 nitrogen and oxygen atoms in total. The molecule has 2 aliphatic carbocycles. The third-order valence-corrected chi connectivity index (χ3v) is 7.66. The molecule has 2 unspecified atom stereocenters. The van der Waals surface area contributed by atoms with Crippen molar-refractivity contribution in [3.05, 3.63) is 17.0 Å². The fourth-order valence-corrected chi connectivity index (χ4v) is 5.65. The van der Waals surface area contributed by atoms with Crippen LogP contribution in [0.1, 0.15) is 37.0 Å². The van der Waals surface area contributed by atoms with E-state index < -0.39 is 10.0 Å². The molecule has 1 aromatic heterocycles. The van der Waals surface area contributed by atoms with E-state index in [9.17, 15) is 13.2 Å². The lowest BCUT2D eigenvalue weighted by Crippen LogP contribution is -2.49. The van der Waals surface area contributed by atoms with Crippen molar-refractivity contribution < 1.29 is 13.2 Å². The van der Waals surface area contributed by atoms with E-state index in [1.165, 1.54) is 12.5 Å². The second-order valence-corrected chi connectivity index (χ2v) is 9.64.